The minimum Gasteiger partial charge on any atom is -0.452 e. The van der Waals surface area contributed by atoms with Crippen molar-refractivity contribution in [3.8, 4) is 0 Å². The fourth-order valence-electron chi connectivity index (χ4n) is 2.75. The van der Waals surface area contributed by atoms with E-state index in [2.05, 4.69) is 0 Å². The predicted octanol–water partition coefficient (Wildman–Crippen LogP) is 1.90. The van der Waals surface area contributed by atoms with Gasteiger partial charge in [-0.2, -0.15) is 13.2 Å². The Morgan fingerprint density at radius 3 is 2.31 bits per heavy atom. The Bertz CT molecular complexity index is 774. The lowest BCUT2D eigenvalue weighted by molar-refractivity contribution is -0.137. The second-order valence-electron chi connectivity index (χ2n) is 5.89. The van der Waals surface area contributed by atoms with Crippen molar-refractivity contribution in [3.05, 3.63) is 35.4 Å². The van der Waals surface area contributed by atoms with Crippen LogP contribution in [0.3, 0.4) is 0 Å². The molecule has 1 fully saturated rings. The number of esters is 1. The first-order valence-corrected chi connectivity index (χ1v) is 9.70. The van der Waals surface area contributed by atoms with Crippen LogP contribution in [0.4, 0.5) is 13.2 Å². The van der Waals surface area contributed by atoms with E-state index in [0.717, 1.165) is 24.3 Å². The summed E-state index contributed by atoms with van der Waals surface area (Å²) < 4.78 is 65.4. The monoisotopic (exact) mass is 393 g/mol. The quantitative estimate of drug-likeness (QED) is 0.714. The summed E-state index contributed by atoms with van der Waals surface area (Å²) in [6, 6.07) is 2.98. The summed E-state index contributed by atoms with van der Waals surface area (Å²) >= 11 is 0. The van der Waals surface area contributed by atoms with E-state index in [1.54, 1.807) is 6.92 Å². The fraction of sp³-hybridized carbons (Fsp3) is 0.500. The van der Waals surface area contributed by atoms with Crippen LogP contribution in [-0.2, 0) is 25.5 Å². The number of likely N-dealkylation sites (N-methyl/N-ethyl adjacent to an activating group) is 1. The van der Waals surface area contributed by atoms with Crippen LogP contribution in [0.2, 0.25) is 0 Å². The number of hydrogen-bond donors (Lipinski definition) is 0. The Kier molecular flexibility index (Phi) is 5.94. The number of ether oxygens (including phenoxy) is 1. The Labute approximate surface area is 148 Å². The molecule has 1 aliphatic rings. The lowest BCUT2D eigenvalue weighted by Crippen LogP contribution is -2.43. The first kappa shape index (κ1) is 20.2. The molecular weight excluding hydrogens is 375 g/mol. The number of sulfone groups is 1. The highest BCUT2D eigenvalue weighted by Gasteiger charge is 2.34. The summed E-state index contributed by atoms with van der Waals surface area (Å²) in [5.41, 5.74) is -1.01. The van der Waals surface area contributed by atoms with Crippen LogP contribution in [0.15, 0.2) is 24.3 Å². The molecular formula is C16H18F3NO5S. The van der Waals surface area contributed by atoms with E-state index in [0.29, 0.717) is 6.42 Å². The van der Waals surface area contributed by atoms with E-state index in [1.807, 2.05) is 0 Å². The summed E-state index contributed by atoms with van der Waals surface area (Å²) in [5, 5.41) is 0. The topological polar surface area (TPSA) is 80.8 Å². The molecule has 1 heterocycles. The van der Waals surface area contributed by atoms with Gasteiger partial charge in [-0.3, -0.25) is 4.79 Å². The third-order valence-electron chi connectivity index (χ3n) is 4.08. The van der Waals surface area contributed by atoms with Gasteiger partial charge < -0.3 is 9.64 Å². The molecule has 26 heavy (non-hydrogen) atoms. The summed E-state index contributed by atoms with van der Waals surface area (Å²) in [6.07, 6.45) is -4.18. The number of carbonyl (C=O) groups excluding carboxylic acids is 2. The van der Waals surface area contributed by atoms with Crippen LogP contribution in [-0.4, -0.2) is 55.9 Å². The van der Waals surface area contributed by atoms with Gasteiger partial charge in [-0.05, 0) is 37.6 Å². The molecule has 1 saturated heterocycles. The molecule has 0 saturated carbocycles. The number of halogens is 3. The Morgan fingerprint density at radius 1 is 1.23 bits per heavy atom. The second-order valence-corrected chi connectivity index (χ2v) is 8.12. The lowest BCUT2D eigenvalue weighted by Gasteiger charge is -2.26. The Balaban J connectivity index is 1.94. The predicted molar refractivity (Wildman–Crippen MR) is 86.2 cm³/mol. The lowest BCUT2D eigenvalue weighted by atomic mass is 10.1. The molecule has 0 spiro atoms. The van der Waals surface area contributed by atoms with Crippen LogP contribution in [0.25, 0.3) is 0 Å². The molecule has 0 aliphatic carbocycles. The van der Waals surface area contributed by atoms with Crippen LogP contribution in [0.5, 0.6) is 0 Å². The summed E-state index contributed by atoms with van der Waals surface area (Å²) in [4.78, 5) is 25.4. The van der Waals surface area contributed by atoms with Crippen molar-refractivity contribution < 1.29 is 35.9 Å². The zero-order valence-electron chi connectivity index (χ0n) is 14.0. The molecule has 1 aromatic carbocycles. The molecule has 0 bridgehead atoms. The van der Waals surface area contributed by atoms with Gasteiger partial charge in [0.1, 0.15) is 0 Å². The zero-order valence-corrected chi connectivity index (χ0v) is 14.8. The zero-order chi connectivity index (χ0) is 19.5. The maximum atomic E-state index is 12.5. The minimum atomic E-state index is -4.51. The average Bonchev–Trinajstić information content (AvgIpc) is 2.92. The van der Waals surface area contributed by atoms with Crippen molar-refractivity contribution in [2.45, 2.75) is 25.6 Å². The van der Waals surface area contributed by atoms with Crippen LogP contribution >= 0.6 is 0 Å². The van der Waals surface area contributed by atoms with Crippen molar-refractivity contribution in [2.75, 3.05) is 24.7 Å². The molecule has 10 heteroatoms. The van der Waals surface area contributed by atoms with Gasteiger partial charge in [-0.15, -0.1) is 0 Å². The molecule has 0 aromatic heterocycles. The van der Waals surface area contributed by atoms with Gasteiger partial charge in [0.15, 0.2) is 16.4 Å². The maximum absolute atomic E-state index is 12.5. The van der Waals surface area contributed by atoms with Gasteiger partial charge in [0.2, 0.25) is 0 Å². The smallest absolute Gasteiger partial charge is 0.416 e. The SMILES string of the molecule is CCN(C(=O)COC(=O)c1ccc(C(F)(F)F)cc1)C1CCS(=O)(=O)C1. The van der Waals surface area contributed by atoms with Crippen molar-refractivity contribution >= 4 is 21.7 Å². The van der Waals surface area contributed by atoms with Crippen molar-refractivity contribution in [3.63, 3.8) is 0 Å². The van der Waals surface area contributed by atoms with Gasteiger partial charge in [0.25, 0.3) is 5.91 Å². The highest BCUT2D eigenvalue weighted by molar-refractivity contribution is 7.91. The fourth-order valence-corrected chi connectivity index (χ4v) is 4.48. The summed E-state index contributed by atoms with van der Waals surface area (Å²) in [6.45, 7) is 1.33. The van der Waals surface area contributed by atoms with Gasteiger partial charge in [-0.25, -0.2) is 13.2 Å². The Morgan fingerprint density at radius 2 is 1.85 bits per heavy atom. The van der Waals surface area contributed by atoms with Crippen molar-refractivity contribution in [1.29, 1.82) is 0 Å². The van der Waals surface area contributed by atoms with E-state index in [-0.39, 0.29) is 23.6 Å². The average molecular weight is 393 g/mol. The molecule has 1 atom stereocenters. The molecule has 6 nitrogen and oxygen atoms in total. The van der Waals surface area contributed by atoms with Gasteiger partial charge in [0.05, 0.1) is 22.6 Å². The van der Waals surface area contributed by atoms with E-state index >= 15 is 0 Å². The van der Waals surface area contributed by atoms with E-state index in [4.69, 9.17) is 4.74 Å². The third kappa shape index (κ3) is 4.96. The summed E-state index contributed by atoms with van der Waals surface area (Å²) in [5.74, 6) is -1.59. The van der Waals surface area contributed by atoms with E-state index in [1.165, 1.54) is 4.90 Å². The number of nitrogens with zero attached hydrogens (tertiary/aromatic N) is 1. The van der Waals surface area contributed by atoms with Gasteiger partial charge in [-0.1, -0.05) is 0 Å². The number of hydrogen-bond acceptors (Lipinski definition) is 5. The highest BCUT2D eigenvalue weighted by atomic mass is 32.2. The molecule has 0 N–H and O–H groups in total. The van der Waals surface area contributed by atoms with Crippen molar-refractivity contribution in [1.82, 2.24) is 4.90 Å². The molecule has 1 aliphatic heterocycles. The normalized spacial score (nSPS) is 19.2. The largest absolute Gasteiger partial charge is 0.452 e. The number of carbonyl (C=O) groups is 2. The van der Waals surface area contributed by atoms with E-state index in [9.17, 15) is 31.2 Å². The standard InChI is InChI=1S/C16H18F3NO5S/c1-2-20(13-7-8-26(23,24)10-13)14(21)9-25-15(22)11-3-5-12(6-4-11)16(17,18)19/h3-6,13H,2,7-10H2,1H3. The molecule has 1 aromatic rings. The van der Waals surface area contributed by atoms with Gasteiger partial charge in [0, 0.05) is 12.6 Å². The second kappa shape index (κ2) is 7.65. The number of amides is 1. The van der Waals surface area contributed by atoms with Crippen LogP contribution in [0.1, 0.15) is 29.3 Å². The highest BCUT2D eigenvalue weighted by Crippen LogP contribution is 2.29. The first-order valence-electron chi connectivity index (χ1n) is 7.88. The van der Waals surface area contributed by atoms with Crippen molar-refractivity contribution in [2.24, 2.45) is 0 Å². The minimum absolute atomic E-state index is 0.00673. The molecule has 0 radical (unpaired) electrons. The maximum Gasteiger partial charge on any atom is 0.416 e. The third-order valence-corrected chi connectivity index (χ3v) is 5.84. The number of rotatable bonds is 5. The van der Waals surface area contributed by atoms with Crippen LogP contribution in [0, 0.1) is 0 Å². The molecule has 1 amide bonds. The molecule has 2 rings (SSSR count). The van der Waals surface area contributed by atoms with Gasteiger partial charge >= 0.3 is 12.1 Å². The van der Waals surface area contributed by atoms with E-state index < -0.39 is 46.1 Å². The molecule has 1 unspecified atom stereocenters. The summed E-state index contributed by atoms with van der Waals surface area (Å²) in [7, 11) is -3.17. The first-order chi connectivity index (χ1) is 12.0. The van der Waals surface area contributed by atoms with Crippen LogP contribution < -0.4 is 0 Å². The number of alkyl halides is 3. The Hall–Kier alpha value is -2.10. The molecule has 144 valence electrons. The number of benzene rings is 1.